The number of benzene rings is 2. The number of carbonyl (C=O) groups is 1. The van der Waals surface area contributed by atoms with E-state index in [-0.39, 0.29) is 22.6 Å². The number of amides is 1. The van der Waals surface area contributed by atoms with Crippen LogP contribution in [0.15, 0.2) is 47.4 Å². The molecule has 1 aromatic heterocycles. The number of rotatable bonds is 12. The van der Waals surface area contributed by atoms with Gasteiger partial charge in [-0.25, -0.2) is 13.4 Å². The van der Waals surface area contributed by atoms with Crippen LogP contribution in [-0.2, 0) is 10.0 Å². The molecule has 11 heteroatoms. The first kappa shape index (κ1) is 30.2. The van der Waals surface area contributed by atoms with Gasteiger partial charge in [0.05, 0.1) is 22.2 Å². The molecule has 0 saturated carbocycles. The van der Waals surface area contributed by atoms with E-state index in [1.165, 1.54) is 12.1 Å². The van der Waals surface area contributed by atoms with Gasteiger partial charge in [0, 0.05) is 57.9 Å². The van der Waals surface area contributed by atoms with Crippen LogP contribution in [-0.4, -0.2) is 88.0 Å². The van der Waals surface area contributed by atoms with Gasteiger partial charge in [0.15, 0.2) is 5.13 Å². The average molecular weight is 588 g/mol. The molecule has 1 fully saturated rings. The summed E-state index contributed by atoms with van der Waals surface area (Å²) in [5.74, 6) is 1.08. The van der Waals surface area contributed by atoms with Crippen molar-refractivity contribution in [1.29, 1.82) is 0 Å². The predicted octanol–water partition coefficient (Wildman–Crippen LogP) is 4.16. The molecular weight excluding hydrogens is 546 g/mol. The Morgan fingerprint density at radius 1 is 1.02 bits per heavy atom. The maximum absolute atomic E-state index is 13.2. The molecule has 0 unspecified atom stereocenters. The number of sulfonamides is 1. The lowest BCUT2D eigenvalue weighted by Gasteiger charge is -2.34. The summed E-state index contributed by atoms with van der Waals surface area (Å²) in [5.41, 5.74) is 1.44. The number of methoxy groups -OCH3 is 1. The molecule has 1 amide bonds. The van der Waals surface area contributed by atoms with Gasteiger partial charge < -0.3 is 15.0 Å². The van der Waals surface area contributed by atoms with Crippen molar-refractivity contribution in [2.45, 2.75) is 32.6 Å². The van der Waals surface area contributed by atoms with Crippen LogP contribution in [0.25, 0.3) is 10.2 Å². The highest BCUT2D eigenvalue weighted by Crippen LogP contribution is 2.31. The van der Waals surface area contributed by atoms with Crippen molar-refractivity contribution in [3.05, 3.63) is 48.0 Å². The zero-order valence-corrected chi connectivity index (χ0v) is 25.7. The van der Waals surface area contributed by atoms with E-state index >= 15 is 0 Å². The van der Waals surface area contributed by atoms with E-state index in [1.54, 1.807) is 34.9 Å². The summed E-state index contributed by atoms with van der Waals surface area (Å²) in [6.07, 6.45) is 0. The molecule has 0 bridgehead atoms. The van der Waals surface area contributed by atoms with Gasteiger partial charge in [-0.2, -0.15) is 4.31 Å². The Morgan fingerprint density at radius 2 is 1.68 bits per heavy atom. The summed E-state index contributed by atoms with van der Waals surface area (Å²) < 4.78 is 34.4. The van der Waals surface area contributed by atoms with Crippen LogP contribution < -0.4 is 15.0 Å². The molecule has 4 rings (SSSR count). The first-order valence-corrected chi connectivity index (χ1v) is 16.1. The fourth-order valence-electron chi connectivity index (χ4n) is 4.76. The molecule has 218 valence electrons. The average Bonchev–Trinajstić information content (AvgIpc) is 3.36. The van der Waals surface area contributed by atoms with E-state index in [0.717, 1.165) is 53.8 Å². The third-order valence-corrected chi connectivity index (χ3v) is 9.76. The molecule has 1 aliphatic heterocycles. The molecule has 1 N–H and O–H groups in total. The lowest BCUT2D eigenvalue weighted by molar-refractivity contribution is 0.0947. The molecule has 3 aromatic rings. The SMILES string of the molecule is COc1ccc2nc(N3CCN(CCNC(=O)c4ccc(S(=O)(=O)N(CC(C)C)CC(C)C)cc4)CC3)sc2c1. The van der Waals surface area contributed by atoms with Gasteiger partial charge in [0.25, 0.3) is 5.91 Å². The van der Waals surface area contributed by atoms with E-state index < -0.39 is 10.0 Å². The van der Waals surface area contributed by atoms with Gasteiger partial charge in [0.1, 0.15) is 5.75 Å². The predicted molar refractivity (Wildman–Crippen MR) is 162 cm³/mol. The fourth-order valence-corrected chi connectivity index (χ4v) is 7.57. The third kappa shape index (κ3) is 7.51. The van der Waals surface area contributed by atoms with Gasteiger partial charge in [-0.15, -0.1) is 0 Å². The molecule has 0 aliphatic carbocycles. The van der Waals surface area contributed by atoms with Crippen molar-refractivity contribution in [2.24, 2.45) is 11.8 Å². The minimum Gasteiger partial charge on any atom is -0.497 e. The second kappa shape index (κ2) is 13.3. The summed E-state index contributed by atoms with van der Waals surface area (Å²) in [6, 6.07) is 12.2. The number of nitrogens with zero attached hydrogens (tertiary/aromatic N) is 4. The number of ether oxygens (including phenoxy) is 1. The van der Waals surface area contributed by atoms with Crippen molar-refractivity contribution < 1.29 is 17.9 Å². The Balaban J connectivity index is 1.25. The lowest BCUT2D eigenvalue weighted by atomic mass is 10.2. The van der Waals surface area contributed by atoms with Crippen LogP contribution in [0.4, 0.5) is 5.13 Å². The summed E-state index contributed by atoms with van der Waals surface area (Å²) in [5, 5.41) is 4.00. The van der Waals surface area contributed by atoms with Crippen LogP contribution in [0.3, 0.4) is 0 Å². The van der Waals surface area contributed by atoms with Crippen molar-refractivity contribution in [3.63, 3.8) is 0 Å². The number of fused-ring (bicyclic) bond motifs is 1. The standard InChI is InChI=1S/C29H41N5O4S2/c1-21(2)19-34(20-22(3)4)40(36,37)25-9-6-23(7-10-25)28(35)30-12-13-32-14-16-33(17-15-32)29-31-26-11-8-24(38-5)18-27(26)39-29/h6-11,18,21-22H,12-17,19-20H2,1-5H3,(H,30,35). The highest BCUT2D eigenvalue weighted by atomic mass is 32.2. The smallest absolute Gasteiger partial charge is 0.251 e. The lowest BCUT2D eigenvalue weighted by Crippen LogP contribution is -2.48. The van der Waals surface area contributed by atoms with E-state index in [9.17, 15) is 13.2 Å². The number of thiazole rings is 1. The van der Waals surface area contributed by atoms with E-state index in [0.29, 0.717) is 25.2 Å². The first-order chi connectivity index (χ1) is 19.1. The van der Waals surface area contributed by atoms with E-state index in [2.05, 4.69) is 15.1 Å². The minimum absolute atomic E-state index is 0.200. The maximum Gasteiger partial charge on any atom is 0.251 e. The topological polar surface area (TPSA) is 95.1 Å². The zero-order valence-electron chi connectivity index (χ0n) is 24.1. The molecule has 2 aromatic carbocycles. The number of aromatic nitrogens is 1. The van der Waals surface area contributed by atoms with Gasteiger partial charge >= 0.3 is 0 Å². The monoisotopic (exact) mass is 587 g/mol. The molecule has 0 spiro atoms. The van der Waals surface area contributed by atoms with Crippen LogP contribution in [0.1, 0.15) is 38.1 Å². The Bertz CT molecular complexity index is 1370. The van der Waals surface area contributed by atoms with Crippen LogP contribution >= 0.6 is 11.3 Å². The summed E-state index contributed by atoms with van der Waals surface area (Å²) >= 11 is 1.68. The molecule has 2 heterocycles. The number of anilines is 1. The van der Waals surface area contributed by atoms with Crippen molar-refractivity contribution >= 4 is 42.6 Å². The molecule has 0 atom stereocenters. The molecule has 1 aliphatic rings. The third-order valence-electron chi connectivity index (χ3n) is 6.83. The van der Waals surface area contributed by atoms with Gasteiger partial charge in [-0.05, 0) is 54.3 Å². The largest absolute Gasteiger partial charge is 0.497 e. The van der Waals surface area contributed by atoms with Crippen molar-refractivity contribution in [3.8, 4) is 5.75 Å². The summed E-state index contributed by atoms with van der Waals surface area (Å²) in [7, 11) is -1.95. The van der Waals surface area contributed by atoms with Crippen LogP contribution in [0.5, 0.6) is 5.75 Å². The number of carbonyl (C=O) groups excluding carboxylic acids is 1. The Hall–Kier alpha value is -2.73. The van der Waals surface area contributed by atoms with Gasteiger partial charge in [-0.3, -0.25) is 9.69 Å². The second-order valence-corrected chi connectivity index (χ2v) is 14.0. The molecular formula is C29H41N5O4S2. The van der Waals surface area contributed by atoms with E-state index in [4.69, 9.17) is 9.72 Å². The van der Waals surface area contributed by atoms with Crippen LogP contribution in [0.2, 0.25) is 0 Å². The highest BCUT2D eigenvalue weighted by Gasteiger charge is 2.26. The molecule has 40 heavy (non-hydrogen) atoms. The first-order valence-electron chi connectivity index (χ1n) is 13.9. The Morgan fingerprint density at radius 3 is 2.27 bits per heavy atom. The molecule has 0 radical (unpaired) electrons. The molecule has 9 nitrogen and oxygen atoms in total. The second-order valence-electron chi connectivity index (χ2n) is 11.0. The quantitative estimate of drug-likeness (QED) is 0.340. The van der Waals surface area contributed by atoms with Crippen molar-refractivity contribution in [1.82, 2.24) is 19.5 Å². The zero-order chi connectivity index (χ0) is 28.9. The number of nitrogens with one attached hydrogen (secondary N) is 1. The van der Waals surface area contributed by atoms with E-state index in [1.807, 2.05) is 45.9 Å². The number of piperazine rings is 1. The van der Waals surface area contributed by atoms with Crippen molar-refractivity contribution in [2.75, 3.05) is 64.4 Å². The Labute approximate surface area is 242 Å². The minimum atomic E-state index is -3.62. The maximum atomic E-state index is 13.2. The highest BCUT2D eigenvalue weighted by molar-refractivity contribution is 7.89. The fraction of sp³-hybridized carbons (Fsp3) is 0.517. The Kier molecular flexibility index (Phi) is 10.0. The van der Waals surface area contributed by atoms with Gasteiger partial charge in [-0.1, -0.05) is 39.0 Å². The normalized spacial score (nSPS) is 14.9. The summed E-state index contributed by atoms with van der Waals surface area (Å²) in [6.45, 7) is 13.8. The number of hydrogen-bond donors (Lipinski definition) is 1. The number of hydrogen-bond acceptors (Lipinski definition) is 8. The van der Waals surface area contributed by atoms with Crippen LogP contribution in [0, 0.1) is 11.8 Å². The van der Waals surface area contributed by atoms with Gasteiger partial charge in [0.2, 0.25) is 10.0 Å². The summed E-state index contributed by atoms with van der Waals surface area (Å²) in [4.78, 5) is 22.4. The molecule has 1 saturated heterocycles.